The van der Waals surface area contributed by atoms with Crippen LogP contribution in [-0.4, -0.2) is 191 Å². The molecule has 0 spiro atoms. The Hall–Kier alpha value is -9.65. The Morgan fingerprint density at radius 1 is 0.757 bits per heavy atom. The van der Waals surface area contributed by atoms with Gasteiger partial charge in [-0.2, -0.15) is 0 Å². The molecule has 0 unspecified atom stereocenters. The van der Waals surface area contributed by atoms with Crippen LogP contribution in [0.5, 0.6) is 23.0 Å². The summed E-state index contributed by atoms with van der Waals surface area (Å²) in [7, 11) is 6.84. The molecule has 2 saturated heterocycles. The number of hydrogen-bond acceptors (Lipinski definition) is 22. The number of ether oxygens (including phenoxy) is 3. The van der Waals surface area contributed by atoms with Crippen LogP contribution in [0.1, 0.15) is 143 Å². The molecular formula is C78H107N13O18S2. The fourth-order valence-electron chi connectivity index (χ4n) is 16.4. The number of methoxy groups -OCH3 is 3. The van der Waals surface area contributed by atoms with Gasteiger partial charge in [0, 0.05) is 48.1 Å². The van der Waals surface area contributed by atoms with Gasteiger partial charge >= 0.3 is 0 Å². The highest BCUT2D eigenvalue weighted by Crippen LogP contribution is 2.67. The van der Waals surface area contributed by atoms with Crippen molar-refractivity contribution in [2.24, 2.45) is 63.4 Å². The molecule has 4 aliphatic carbocycles. The molecule has 4 heterocycles. The number of amides is 11. The van der Waals surface area contributed by atoms with Crippen molar-refractivity contribution in [2.75, 3.05) is 45.9 Å². The lowest BCUT2D eigenvalue weighted by Gasteiger charge is -2.58. The van der Waals surface area contributed by atoms with Gasteiger partial charge in [0.1, 0.15) is 64.9 Å². The number of ketones is 1. The first kappa shape index (κ1) is 86.9. The second-order valence-corrected chi connectivity index (χ2v) is 32.9. The fraction of sp³-hybridized carbons (Fsp3) is 0.577. The molecule has 10 rings (SSSR count). The number of likely N-dealkylation sites (tertiary alicyclic amines) is 1. The predicted octanol–water partition coefficient (Wildman–Crippen LogP) is 3.28. The third kappa shape index (κ3) is 20.9. The number of hydrogen-bond donors (Lipinski definition) is 13. The number of nitrogens with two attached hydrogens (primary N) is 4. The highest BCUT2D eigenvalue weighted by atomic mass is 33.1. The van der Waals surface area contributed by atoms with E-state index < -0.39 is 151 Å². The van der Waals surface area contributed by atoms with E-state index in [-0.39, 0.29) is 59.8 Å². The van der Waals surface area contributed by atoms with Crippen LogP contribution in [0.25, 0.3) is 22.0 Å². The first-order valence-corrected chi connectivity index (χ1v) is 40.1. The number of aromatic hydroxyl groups is 1. The largest absolute Gasteiger partial charge is 0.508 e. The van der Waals surface area contributed by atoms with E-state index in [1.54, 1.807) is 41.4 Å². The number of carbonyl (C=O) groups is 12. The van der Waals surface area contributed by atoms with E-state index in [1.165, 1.54) is 41.2 Å². The lowest BCUT2D eigenvalue weighted by molar-refractivity contribution is -0.142. The Morgan fingerprint density at radius 2 is 1.42 bits per heavy atom. The highest BCUT2D eigenvalue weighted by Gasteiger charge is 2.63. The van der Waals surface area contributed by atoms with Gasteiger partial charge in [-0.1, -0.05) is 93.2 Å². The number of aromatic nitrogens is 1. The molecule has 5 fully saturated rings. The van der Waals surface area contributed by atoms with Crippen molar-refractivity contribution in [3.63, 3.8) is 0 Å². The van der Waals surface area contributed by atoms with Crippen LogP contribution in [0.3, 0.4) is 0 Å². The summed E-state index contributed by atoms with van der Waals surface area (Å²) in [5.74, 6) is -3.56. The molecule has 604 valence electrons. The number of nitrogens with zero attached hydrogens (tertiary/aromatic N) is 2. The number of benzene rings is 2. The van der Waals surface area contributed by atoms with Crippen molar-refractivity contribution >= 4 is 114 Å². The second kappa shape index (κ2) is 38.5. The minimum atomic E-state index is -1.75. The lowest BCUT2D eigenvalue weighted by Crippen LogP contribution is -2.61. The smallest absolute Gasteiger partial charge is 0.246 e. The van der Waals surface area contributed by atoms with Crippen molar-refractivity contribution in [3.05, 3.63) is 65.9 Å². The van der Waals surface area contributed by atoms with Crippen LogP contribution in [0.4, 0.5) is 0 Å². The van der Waals surface area contributed by atoms with E-state index in [4.69, 9.17) is 48.0 Å². The van der Waals surface area contributed by atoms with E-state index in [0.717, 1.165) is 76.6 Å². The number of carbonyl (C=O) groups excluding carboxylic acids is 12. The summed E-state index contributed by atoms with van der Waals surface area (Å²) in [6, 6.07) is 0.511. The van der Waals surface area contributed by atoms with Crippen LogP contribution >= 0.6 is 21.6 Å². The van der Waals surface area contributed by atoms with Crippen LogP contribution in [0, 0.1) is 52.8 Å². The third-order valence-corrected chi connectivity index (χ3v) is 25.2. The molecule has 17 N–H and O–H groups in total. The third-order valence-electron chi connectivity index (χ3n) is 22.7. The van der Waals surface area contributed by atoms with Crippen molar-refractivity contribution in [1.29, 1.82) is 0 Å². The summed E-state index contributed by atoms with van der Waals surface area (Å²) >= 11 is 0. The number of terminal acetylenes is 1. The Bertz CT molecular complexity index is 4190. The van der Waals surface area contributed by atoms with E-state index in [2.05, 4.69) is 62.0 Å². The molecular weight excluding hydrogens is 1470 g/mol. The number of phenolic OH excluding ortho intramolecular Hbond substituents is 1. The Kier molecular flexibility index (Phi) is 30.2. The molecule has 3 saturated carbocycles. The molecule has 111 heavy (non-hydrogen) atoms. The minimum Gasteiger partial charge on any atom is -0.508 e. The van der Waals surface area contributed by atoms with Gasteiger partial charge in [0.2, 0.25) is 70.7 Å². The normalized spacial score (nSPS) is 27.7. The molecule has 31 nitrogen and oxygen atoms in total. The van der Waals surface area contributed by atoms with Gasteiger partial charge in [-0.15, -0.1) is 6.42 Å². The van der Waals surface area contributed by atoms with Crippen molar-refractivity contribution in [3.8, 4) is 35.3 Å². The van der Waals surface area contributed by atoms with Crippen LogP contribution in [0.2, 0.25) is 0 Å². The highest BCUT2D eigenvalue weighted by molar-refractivity contribution is 8.76. The van der Waals surface area contributed by atoms with Gasteiger partial charge in [-0.3, -0.25) is 57.5 Å². The number of rotatable bonds is 20. The summed E-state index contributed by atoms with van der Waals surface area (Å²) in [6.45, 7) is 11.2. The standard InChI is InChI=1S/C43H66N12O12S2.C21H28O2.C14H13NO4/c1-5-22(4)35-42(66)49-26(12-13-32(45)57)38(62)51-29(17-33(46)58)39(63)53-30(20-69-68-19-25(44)36(60)50-28(40(64)54-35)16-23-8-10-24(56)11-9-23)43(67)55-14-6-7-31(55)41(65)52-27(15-21(2)3)37(61)48-18-34(47)59;1-4-21(23)12-9-18-16-6-5-14-13-15(22)7-10-19(14,2)17(16)8-11-20(18,21)3;1-16-10-5-4-8-11(13(10)18-3)15-14-9(6-7-19-14)12(8)17-2/h8-11,21-22,25-31,35,56H,5-7,12-20,44H2,1-4H3,(H2,45,57)(H2,46,58)(H2,47,59)(H,48,61)(H,49,66)(H,50,60)(H,51,62)(H,52,65)(H,53,63)(H,54,64);1,13,16-18,23H,5-12H2,2-3H3;4-7H,1-3H3/t22-,25-,26-,27-,28-,29-,30-,31-,35-;16-,17+,18+,19+,20+,21+;/m01./s1. The zero-order chi connectivity index (χ0) is 81.4. The molecule has 0 radical (unpaired) electrons. The SMILES string of the molecule is C#C[C@]1(O)CC[C@H]2[C@@H]3CCC4=CC(=O)CC[C@]4(C)[C@H]3CC[C@@]21C.CC[C@H](C)[C@@H]1NC(=O)[C@H](Cc2ccc(O)cc2)NC(=O)[C@@H](N)CSSC[C@@H](C(=O)N2CCC[C@H]2C(=O)N[C@@H](CC(C)C)C(=O)NCC(N)=O)NC(=O)[C@H](CC(N)=O)NC(=O)[C@H](CCC(N)=O)NC1=O.COc1ccc2c(OC)c3ccoc3nc2c1OC. The second-order valence-electron chi connectivity index (χ2n) is 30.4. The van der Waals surface area contributed by atoms with Crippen molar-refractivity contribution < 1.29 is 86.4 Å². The van der Waals surface area contributed by atoms with Gasteiger partial charge in [0.25, 0.3) is 0 Å². The summed E-state index contributed by atoms with van der Waals surface area (Å²) in [6.07, 6.45) is 16.5. The summed E-state index contributed by atoms with van der Waals surface area (Å²) in [5, 5.41) is 40.4. The quantitative estimate of drug-likeness (QED) is 0.0446. The number of phenols is 1. The number of allylic oxidation sites excluding steroid dienone is 1. The first-order chi connectivity index (χ1) is 52.6. The van der Waals surface area contributed by atoms with Gasteiger partial charge in [0.15, 0.2) is 17.3 Å². The Morgan fingerprint density at radius 3 is 2.07 bits per heavy atom. The molecule has 15 atom stereocenters. The monoisotopic (exact) mass is 1580 g/mol. The number of nitrogens with one attached hydrogen (secondary N) is 7. The predicted molar refractivity (Wildman–Crippen MR) is 416 cm³/mol. The lowest BCUT2D eigenvalue weighted by atomic mass is 9.46. The van der Waals surface area contributed by atoms with Crippen LogP contribution < -0.4 is 74.4 Å². The average molecular weight is 1580 g/mol. The van der Waals surface area contributed by atoms with Gasteiger partial charge < -0.3 is 93.9 Å². The molecule has 33 heteroatoms. The average Bonchev–Trinajstić information content (AvgIpc) is 1.65. The summed E-state index contributed by atoms with van der Waals surface area (Å²) in [4.78, 5) is 164. The van der Waals surface area contributed by atoms with Crippen molar-refractivity contribution in [1.82, 2.24) is 47.1 Å². The molecule has 4 aromatic rings. The minimum absolute atomic E-state index is 0.0468. The number of furan rings is 1. The maximum Gasteiger partial charge on any atom is 0.246 e. The van der Waals surface area contributed by atoms with Gasteiger partial charge in [-0.05, 0) is 148 Å². The number of pyridine rings is 1. The first-order valence-electron chi connectivity index (χ1n) is 37.6. The number of fused-ring (bicyclic) bond motifs is 7. The van der Waals surface area contributed by atoms with Crippen LogP contribution in [0.15, 0.2) is 64.8 Å². The molecule has 6 aliphatic rings. The van der Waals surface area contributed by atoms with E-state index in [0.29, 0.717) is 71.1 Å². The maximum atomic E-state index is 14.5. The molecule has 2 aromatic carbocycles. The topological polar surface area (TPSA) is 491 Å². The van der Waals surface area contributed by atoms with Gasteiger partial charge in [-0.25, -0.2) is 4.98 Å². The maximum absolute atomic E-state index is 14.5. The number of primary amides is 3. The van der Waals surface area contributed by atoms with E-state index in [1.807, 2.05) is 38.1 Å². The summed E-state index contributed by atoms with van der Waals surface area (Å²) < 4.78 is 21.5. The summed E-state index contributed by atoms with van der Waals surface area (Å²) in [5.41, 5.74) is 24.7. The number of aliphatic hydroxyl groups is 1. The van der Waals surface area contributed by atoms with Crippen molar-refractivity contribution in [2.45, 2.75) is 198 Å². The Balaban J connectivity index is 0.000000290. The Labute approximate surface area is 653 Å². The molecule has 11 amide bonds. The van der Waals surface area contributed by atoms with E-state index in [9.17, 15) is 67.7 Å². The fourth-order valence-corrected chi connectivity index (χ4v) is 18.7. The molecule has 0 bridgehead atoms. The molecule has 2 aromatic heterocycles. The van der Waals surface area contributed by atoms with Gasteiger partial charge in [0.05, 0.1) is 52.0 Å². The zero-order valence-electron chi connectivity index (χ0n) is 64.4. The molecule has 2 aliphatic heterocycles. The van der Waals surface area contributed by atoms with E-state index >= 15 is 0 Å². The van der Waals surface area contributed by atoms with Crippen LogP contribution in [-0.2, 0) is 64.0 Å². The zero-order valence-corrected chi connectivity index (χ0v) is 66.0.